The normalized spacial score (nSPS) is 11.7. The lowest BCUT2D eigenvalue weighted by atomic mass is 10.3. The van der Waals surface area contributed by atoms with Gasteiger partial charge in [0.2, 0.25) is 0 Å². The Hall–Kier alpha value is -2.08. The number of thiazole rings is 1. The molecule has 1 amide bonds. The molecule has 19 heavy (non-hydrogen) atoms. The molecule has 0 saturated carbocycles. The van der Waals surface area contributed by atoms with Crippen molar-refractivity contribution < 1.29 is 14.3 Å². The molecule has 1 heterocycles. The van der Waals surface area contributed by atoms with Crippen LogP contribution in [0.15, 0.2) is 35.8 Å². The fraction of sp³-hybridized carbons (Fsp3) is 0.231. The molecule has 1 N–H and O–H groups in total. The van der Waals surface area contributed by atoms with E-state index in [4.69, 9.17) is 9.47 Å². The first kappa shape index (κ1) is 13.4. The van der Waals surface area contributed by atoms with Gasteiger partial charge in [0.1, 0.15) is 11.5 Å². The van der Waals surface area contributed by atoms with Crippen LogP contribution in [-0.4, -0.2) is 24.1 Å². The number of amides is 1. The Morgan fingerprint density at radius 3 is 2.58 bits per heavy atom. The second-order valence-corrected chi connectivity index (χ2v) is 4.66. The first-order chi connectivity index (χ1) is 9.19. The summed E-state index contributed by atoms with van der Waals surface area (Å²) in [6.07, 6.45) is 1.03. The Kier molecular flexibility index (Phi) is 4.35. The van der Waals surface area contributed by atoms with Crippen molar-refractivity contribution >= 4 is 22.4 Å². The van der Waals surface area contributed by atoms with E-state index in [9.17, 15) is 4.79 Å². The van der Waals surface area contributed by atoms with Crippen LogP contribution in [0.2, 0.25) is 0 Å². The number of ether oxygens (including phenoxy) is 2. The standard InChI is InChI=1S/C13H14N2O3S/c1-9(12(16)15-13-14-7-8-19-13)18-11-5-3-10(17-2)4-6-11/h3-9H,1-2H3,(H,14,15,16). The van der Waals surface area contributed by atoms with Crippen molar-refractivity contribution in [1.82, 2.24) is 4.98 Å². The van der Waals surface area contributed by atoms with Crippen LogP contribution in [0.5, 0.6) is 11.5 Å². The lowest BCUT2D eigenvalue weighted by molar-refractivity contribution is -0.122. The summed E-state index contributed by atoms with van der Waals surface area (Å²) < 4.78 is 10.6. The number of nitrogens with zero attached hydrogens (tertiary/aromatic N) is 1. The minimum atomic E-state index is -0.600. The zero-order valence-corrected chi connectivity index (χ0v) is 11.4. The average Bonchev–Trinajstić information content (AvgIpc) is 2.92. The minimum Gasteiger partial charge on any atom is -0.497 e. The second kappa shape index (κ2) is 6.19. The topological polar surface area (TPSA) is 60.5 Å². The first-order valence-corrected chi connectivity index (χ1v) is 6.58. The zero-order valence-electron chi connectivity index (χ0n) is 10.6. The molecule has 100 valence electrons. The van der Waals surface area contributed by atoms with Crippen molar-refractivity contribution in [3.8, 4) is 11.5 Å². The number of anilines is 1. The number of rotatable bonds is 5. The van der Waals surface area contributed by atoms with Gasteiger partial charge in [-0.05, 0) is 31.2 Å². The van der Waals surface area contributed by atoms with Crippen molar-refractivity contribution in [3.63, 3.8) is 0 Å². The van der Waals surface area contributed by atoms with Gasteiger partial charge >= 0.3 is 0 Å². The highest BCUT2D eigenvalue weighted by molar-refractivity contribution is 7.13. The van der Waals surface area contributed by atoms with Crippen LogP contribution in [0.1, 0.15) is 6.92 Å². The minimum absolute atomic E-state index is 0.231. The number of carbonyl (C=O) groups excluding carboxylic acids is 1. The quantitative estimate of drug-likeness (QED) is 0.913. The van der Waals surface area contributed by atoms with E-state index >= 15 is 0 Å². The van der Waals surface area contributed by atoms with E-state index in [0.29, 0.717) is 10.9 Å². The Morgan fingerprint density at radius 1 is 1.32 bits per heavy atom. The van der Waals surface area contributed by atoms with E-state index in [2.05, 4.69) is 10.3 Å². The summed E-state index contributed by atoms with van der Waals surface area (Å²) in [5, 5.41) is 5.04. The molecule has 0 saturated heterocycles. The van der Waals surface area contributed by atoms with Gasteiger partial charge in [0.25, 0.3) is 5.91 Å². The molecule has 1 aromatic carbocycles. The lowest BCUT2D eigenvalue weighted by Gasteiger charge is -2.13. The Labute approximate surface area is 115 Å². The molecule has 1 aromatic heterocycles. The van der Waals surface area contributed by atoms with Gasteiger partial charge in [-0.15, -0.1) is 11.3 Å². The summed E-state index contributed by atoms with van der Waals surface area (Å²) in [5.41, 5.74) is 0. The SMILES string of the molecule is COc1ccc(OC(C)C(=O)Nc2nccs2)cc1. The summed E-state index contributed by atoms with van der Waals surface area (Å²) in [4.78, 5) is 15.8. The van der Waals surface area contributed by atoms with E-state index in [1.165, 1.54) is 11.3 Å². The predicted octanol–water partition coefficient (Wildman–Crippen LogP) is 2.56. The van der Waals surface area contributed by atoms with Crippen LogP contribution in [0.4, 0.5) is 5.13 Å². The second-order valence-electron chi connectivity index (χ2n) is 3.76. The van der Waals surface area contributed by atoms with E-state index in [-0.39, 0.29) is 5.91 Å². The van der Waals surface area contributed by atoms with Crippen LogP contribution in [0.3, 0.4) is 0 Å². The highest BCUT2D eigenvalue weighted by atomic mass is 32.1. The molecule has 0 aliphatic rings. The van der Waals surface area contributed by atoms with Gasteiger partial charge in [-0.25, -0.2) is 4.98 Å². The summed E-state index contributed by atoms with van der Waals surface area (Å²) >= 11 is 1.36. The average molecular weight is 278 g/mol. The van der Waals surface area contributed by atoms with Gasteiger partial charge in [0, 0.05) is 11.6 Å². The molecule has 0 spiro atoms. The third kappa shape index (κ3) is 3.69. The number of benzene rings is 1. The highest BCUT2D eigenvalue weighted by Gasteiger charge is 2.15. The third-order valence-corrected chi connectivity index (χ3v) is 3.09. The Balaban J connectivity index is 1.92. The van der Waals surface area contributed by atoms with Crippen LogP contribution in [0.25, 0.3) is 0 Å². The van der Waals surface area contributed by atoms with Crippen molar-refractivity contribution in [2.45, 2.75) is 13.0 Å². The highest BCUT2D eigenvalue weighted by Crippen LogP contribution is 2.18. The number of hydrogen-bond acceptors (Lipinski definition) is 5. The summed E-state index contributed by atoms with van der Waals surface area (Å²) in [5.74, 6) is 1.13. The molecule has 0 fully saturated rings. The maximum absolute atomic E-state index is 11.8. The van der Waals surface area contributed by atoms with Crippen LogP contribution in [-0.2, 0) is 4.79 Å². The monoisotopic (exact) mass is 278 g/mol. The number of methoxy groups -OCH3 is 1. The number of nitrogens with one attached hydrogen (secondary N) is 1. The fourth-order valence-corrected chi connectivity index (χ4v) is 1.94. The van der Waals surface area contributed by atoms with Gasteiger partial charge in [-0.3, -0.25) is 10.1 Å². The molecule has 6 heteroatoms. The van der Waals surface area contributed by atoms with E-state index < -0.39 is 6.10 Å². The summed E-state index contributed by atoms with van der Waals surface area (Å²) in [6, 6.07) is 7.07. The first-order valence-electron chi connectivity index (χ1n) is 5.70. The van der Waals surface area contributed by atoms with Crippen molar-refractivity contribution in [1.29, 1.82) is 0 Å². The number of aromatic nitrogens is 1. The molecule has 0 aliphatic heterocycles. The predicted molar refractivity (Wildman–Crippen MR) is 73.8 cm³/mol. The van der Waals surface area contributed by atoms with Crippen molar-refractivity contribution in [2.75, 3.05) is 12.4 Å². The van der Waals surface area contributed by atoms with E-state index in [0.717, 1.165) is 5.75 Å². The molecule has 1 unspecified atom stereocenters. The van der Waals surface area contributed by atoms with Crippen LogP contribution in [0, 0.1) is 0 Å². The smallest absolute Gasteiger partial charge is 0.266 e. The van der Waals surface area contributed by atoms with E-state index in [1.54, 1.807) is 49.9 Å². The van der Waals surface area contributed by atoms with Crippen molar-refractivity contribution in [2.24, 2.45) is 0 Å². The molecule has 0 radical (unpaired) electrons. The van der Waals surface area contributed by atoms with Gasteiger partial charge < -0.3 is 9.47 Å². The van der Waals surface area contributed by atoms with Crippen LogP contribution >= 0.6 is 11.3 Å². The molecule has 2 aromatic rings. The zero-order chi connectivity index (χ0) is 13.7. The summed E-state index contributed by atoms with van der Waals surface area (Å²) in [6.45, 7) is 1.69. The fourth-order valence-electron chi connectivity index (χ4n) is 1.40. The molecule has 2 rings (SSSR count). The molecule has 0 bridgehead atoms. The molecule has 1 atom stereocenters. The Bertz CT molecular complexity index is 525. The summed E-state index contributed by atoms with van der Waals surface area (Å²) in [7, 11) is 1.60. The molecular weight excluding hydrogens is 264 g/mol. The largest absolute Gasteiger partial charge is 0.497 e. The Morgan fingerprint density at radius 2 is 2.00 bits per heavy atom. The molecule has 5 nitrogen and oxygen atoms in total. The van der Waals surface area contributed by atoms with Crippen molar-refractivity contribution in [3.05, 3.63) is 35.8 Å². The van der Waals surface area contributed by atoms with Crippen LogP contribution < -0.4 is 14.8 Å². The maximum atomic E-state index is 11.8. The van der Waals surface area contributed by atoms with Gasteiger partial charge in [-0.2, -0.15) is 0 Å². The third-order valence-electron chi connectivity index (χ3n) is 2.40. The van der Waals surface area contributed by atoms with Gasteiger partial charge in [-0.1, -0.05) is 0 Å². The molecular formula is C13H14N2O3S. The van der Waals surface area contributed by atoms with E-state index in [1.807, 2.05) is 0 Å². The van der Waals surface area contributed by atoms with Gasteiger partial charge in [0.05, 0.1) is 7.11 Å². The number of hydrogen-bond donors (Lipinski definition) is 1. The van der Waals surface area contributed by atoms with Gasteiger partial charge in [0.15, 0.2) is 11.2 Å². The number of carbonyl (C=O) groups is 1. The lowest BCUT2D eigenvalue weighted by Crippen LogP contribution is -2.30. The maximum Gasteiger partial charge on any atom is 0.266 e. The molecule has 0 aliphatic carbocycles.